The Balaban J connectivity index is 1.71. The number of aromatic nitrogens is 1. The van der Waals surface area contributed by atoms with Crippen molar-refractivity contribution in [1.29, 1.82) is 0 Å². The summed E-state index contributed by atoms with van der Waals surface area (Å²) in [6.07, 6.45) is 0. The predicted octanol–water partition coefficient (Wildman–Crippen LogP) is 7.38. The van der Waals surface area contributed by atoms with Crippen LogP contribution in [0.15, 0.2) is 89.3 Å². The third-order valence-corrected chi connectivity index (χ3v) is 5.80. The molecule has 2 heterocycles. The number of aryl methyl sites for hydroxylation is 1. The van der Waals surface area contributed by atoms with Crippen LogP contribution >= 0.6 is 0 Å². The first-order valence-corrected chi connectivity index (χ1v) is 9.77. The molecule has 134 valence electrons. The van der Waals surface area contributed by atoms with Crippen LogP contribution in [0.5, 0.6) is 0 Å². The lowest BCUT2D eigenvalue weighted by atomic mass is 9.98. The van der Waals surface area contributed by atoms with Crippen LogP contribution in [0, 0.1) is 0 Å². The summed E-state index contributed by atoms with van der Waals surface area (Å²) < 4.78 is 8.48. The van der Waals surface area contributed by atoms with E-state index in [1.807, 2.05) is 12.1 Å². The van der Waals surface area contributed by atoms with E-state index in [9.17, 15) is 0 Å². The quantitative estimate of drug-likeness (QED) is 0.314. The first-order chi connectivity index (χ1) is 13.8. The molecule has 0 unspecified atom stereocenters. The van der Waals surface area contributed by atoms with Gasteiger partial charge in [-0.15, -0.1) is 0 Å². The molecule has 2 aromatic heterocycles. The Morgan fingerprint density at radius 2 is 1.43 bits per heavy atom. The van der Waals surface area contributed by atoms with Crippen molar-refractivity contribution in [2.45, 2.75) is 13.5 Å². The molecule has 0 aliphatic carbocycles. The highest BCUT2D eigenvalue weighted by Crippen LogP contribution is 2.38. The number of rotatable bonds is 2. The molecule has 0 aliphatic heterocycles. The topological polar surface area (TPSA) is 18.1 Å². The van der Waals surface area contributed by atoms with Gasteiger partial charge in [0.15, 0.2) is 0 Å². The number of hydrogen-bond acceptors (Lipinski definition) is 1. The van der Waals surface area contributed by atoms with Crippen molar-refractivity contribution in [2.75, 3.05) is 0 Å². The second-order valence-electron chi connectivity index (χ2n) is 7.27. The monoisotopic (exact) mass is 361 g/mol. The molecule has 0 saturated heterocycles. The Kier molecular flexibility index (Phi) is 3.18. The van der Waals surface area contributed by atoms with E-state index in [0.29, 0.717) is 0 Å². The molecular weight excluding hydrogens is 342 g/mol. The molecule has 0 radical (unpaired) electrons. The second kappa shape index (κ2) is 5.74. The molecule has 4 aromatic carbocycles. The van der Waals surface area contributed by atoms with Crippen LogP contribution in [0.4, 0.5) is 0 Å². The van der Waals surface area contributed by atoms with Crippen LogP contribution in [-0.4, -0.2) is 4.57 Å². The maximum atomic E-state index is 6.09. The zero-order chi connectivity index (χ0) is 18.7. The third kappa shape index (κ3) is 2.03. The van der Waals surface area contributed by atoms with E-state index in [4.69, 9.17) is 4.42 Å². The first-order valence-electron chi connectivity index (χ1n) is 9.77. The standard InChI is InChI=1S/C26H19NO/c1-2-27-22-11-5-3-8-19(22)21-16-17(14-15-23(21)27)18-10-7-13-25-26(18)20-9-4-6-12-24(20)28-25/h3-16H,2H2,1H3. The lowest BCUT2D eigenvalue weighted by Gasteiger charge is -2.06. The van der Waals surface area contributed by atoms with Gasteiger partial charge in [-0.2, -0.15) is 0 Å². The molecule has 0 spiro atoms. The molecule has 28 heavy (non-hydrogen) atoms. The highest BCUT2D eigenvalue weighted by atomic mass is 16.3. The van der Waals surface area contributed by atoms with Gasteiger partial charge in [-0.25, -0.2) is 0 Å². The smallest absolute Gasteiger partial charge is 0.136 e. The van der Waals surface area contributed by atoms with Gasteiger partial charge in [-0.3, -0.25) is 0 Å². The van der Waals surface area contributed by atoms with E-state index in [-0.39, 0.29) is 0 Å². The van der Waals surface area contributed by atoms with Crippen molar-refractivity contribution in [1.82, 2.24) is 4.57 Å². The van der Waals surface area contributed by atoms with Gasteiger partial charge in [0.05, 0.1) is 0 Å². The predicted molar refractivity (Wildman–Crippen MR) is 118 cm³/mol. The Morgan fingerprint density at radius 3 is 2.32 bits per heavy atom. The molecule has 6 rings (SSSR count). The molecule has 2 nitrogen and oxygen atoms in total. The zero-order valence-electron chi connectivity index (χ0n) is 15.6. The fourth-order valence-corrected chi connectivity index (χ4v) is 4.58. The van der Waals surface area contributed by atoms with Gasteiger partial charge in [0.1, 0.15) is 11.2 Å². The van der Waals surface area contributed by atoms with Crippen LogP contribution in [0.2, 0.25) is 0 Å². The van der Waals surface area contributed by atoms with Gasteiger partial charge in [0, 0.05) is 39.1 Å². The Hall–Kier alpha value is -3.52. The normalized spacial score (nSPS) is 11.9. The van der Waals surface area contributed by atoms with Crippen LogP contribution < -0.4 is 0 Å². The van der Waals surface area contributed by atoms with Crippen molar-refractivity contribution in [3.63, 3.8) is 0 Å². The van der Waals surface area contributed by atoms with Gasteiger partial charge >= 0.3 is 0 Å². The zero-order valence-corrected chi connectivity index (χ0v) is 15.6. The van der Waals surface area contributed by atoms with Gasteiger partial charge in [0.25, 0.3) is 0 Å². The Morgan fingerprint density at radius 1 is 0.679 bits per heavy atom. The molecule has 2 heteroatoms. The number of para-hydroxylation sites is 2. The van der Waals surface area contributed by atoms with Gasteiger partial charge < -0.3 is 8.98 Å². The number of fused-ring (bicyclic) bond motifs is 6. The fraction of sp³-hybridized carbons (Fsp3) is 0.0769. The second-order valence-corrected chi connectivity index (χ2v) is 7.27. The van der Waals surface area contributed by atoms with Crippen molar-refractivity contribution in [2.24, 2.45) is 0 Å². The Labute approximate surface area is 162 Å². The molecule has 0 N–H and O–H groups in total. The summed E-state index contributed by atoms with van der Waals surface area (Å²) in [7, 11) is 0. The summed E-state index contributed by atoms with van der Waals surface area (Å²) in [5, 5.41) is 4.98. The molecule has 0 atom stereocenters. The number of furan rings is 1. The minimum absolute atomic E-state index is 0.939. The van der Waals surface area contributed by atoms with Crippen LogP contribution in [-0.2, 0) is 6.54 Å². The molecule has 0 aliphatic rings. The lowest BCUT2D eigenvalue weighted by molar-refractivity contribution is 0.669. The number of nitrogens with zero attached hydrogens (tertiary/aromatic N) is 1. The van der Waals surface area contributed by atoms with E-state index in [2.05, 4.69) is 84.3 Å². The molecule has 0 amide bonds. The largest absolute Gasteiger partial charge is 0.456 e. The fourth-order valence-electron chi connectivity index (χ4n) is 4.58. The van der Waals surface area contributed by atoms with Crippen molar-refractivity contribution in [3.05, 3.63) is 84.9 Å². The van der Waals surface area contributed by atoms with E-state index < -0.39 is 0 Å². The lowest BCUT2D eigenvalue weighted by Crippen LogP contribution is -1.92. The van der Waals surface area contributed by atoms with Crippen LogP contribution in [0.1, 0.15) is 6.92 Å². The van der Waals surface area contributed by atoms with Gasteiger partial charge in [-0.1, -0.05) is 54.6 Å². The van der Waals surface area contributed by atoms with Crippen molar-refractivity contribution in [3.8, 4) is 11.1 Å². The van der Waals surface area contributed by atoms with Gasteiger partial charge in [0.2, 0.25) is 0 Å². The minimum atomic E-state index is 0.939. The average molecular weight is 361 g/mol. The van der Waals surface area contributed by atoms with E-state index in [1.165, 1.54) is 43.7 Å². The minimum Gasteiger partial charge on any atom is -0.456 e. The summed E-state index contributed by atoms with van der Waals surface area (Å²) in [4.78, 5) is 0. The molecule has 0 saturated carbocycles. The maximum absolute atomic E-state index is 6.09. The summed E-state index contributed by atoms with van der Waals surface area (Å²) >= 11 is 0. The van der Waals surface area contributed by atoms with Crippen LogP contribution in [0.3, 0.4) is 0 Å². The first kappa shape index (κ1) is 15.5. The summed E-state index contributed by atoms with van der Waals surface area (Å²) in [5.41, 5.74) is 6.91. The highest BCUT2D eigenvalue weighted by molar-refractivity contribution is 6.14. The average Bonchev–Trinajstić information content (AvgIpc) is 3.28. The molecular formula is C26H19NO. The highest BCUT2D eigenvalue weighted by Gasteiger charge is 2.14. The molecule has 0 fully saturated rings. The SMILES string of the molecule is CCn1c2ccccc2c2cc(-c3cccc4oc5ccccc5c34)ccc21. The third-order valence-electron chi connectivity index (χ3n) is 5.80. The Bertz CT molecular complexity index is 1500. The van der Waals surface area contributed by atoms with E-state index >= 15 is 0 Å². The number of hydrogen-bond donors (Lipinski definition) is 0. The summed E-state index contributed by atoms with van der Waals surface area (Å²) in [6, 6.07) is 30.1. The summed E-state index contributed by atoms with van der Waals surface area (Å²) in [6.45, 7) is 3.17. The van der Waals surface area contributed by atoms with Gasteiger partial charge in [-0.05, 0) is 48.4 Å². The van der Waals surface area contributed by atoms with Crippen molar-refractivity contribution < 1.29 is 4.42 Å². The van der Waals surface area contributed by atoms with E-state index in [1.54, 1.807) is 0 Å². The summed E-state index contributed by atoms with van der Waals surface area (Å²) in [5.74, 6) is 0. The molecule has 6 aromatic rings. The number of benzene rings is 4. The molecule has 0 bridgehead atoms. The van der Waals surface area contributed by atoms with Crippen molar-refractivity contribution >= 4 is 43.7 Å². The van der Waals surface area contributed by atoms with E-state index in [0.717, 1.165) is 17.7 Å². The van der Waals surface area contributed by atoms with Crippen LogP contribution in [0.25, 0.3) is 54.9 Å². The maximum Gasteiger partial charge on any atom is 0.136 e.